The molecule has 4 nitrogen and oxygen atoms in total. The molecule has 3 aromatic rings. The van der Waals surface area contributed by atoms with Crippen LogP contribution < -0.4 is 5.32 Å². The molecule has 30 heavy (non-hydrogen) atoms. The van der Waals surface area contributed by atoms with Gasteiger partial charge in [-0.25, -0.2) is 0 Å². The molecule has 4 heteroatoms. The Labute approximate surface area is 177 Å². The SMILES string of the molecule is Cc1ccc(C(CC(=O)NCCc2ccccc2)N2Cc3ccccc3C2=O)cc1. The molecule has 4 rings (SSSR count). The van der Waals surface area contributed by atoms with E-state index >= 15 is 0 Å². The van der Waals surface area contributed by atoms with Crippen LogP contribution in [0.15, 0.2) is 78.9 Å². The smallest absolute Gasteiger partial charge is 0.255 e. The Bertz CT molecular complexity index is 1030. The zero-order chi connectivity index (χ0) is 20.9. The molecule has 0 saturated carbocycles. The second kappa shape index (κ2) is 8.95. The van der Waals surface area contributed by atoms with E-state index in [0.717, 1.165) is 28.7 Å². The van der Waals surface area contributed by atoms with E-state index < -0.39 is 0 Å². The van der Waals surface area contributed by atoms with Crippen LogP contribution in [0.2, 0.25) is 0 Å². The Morgan fingerprint density at radius 3 is 2.40 bits per heavy atom. The maximum Gasteiger partial charge on any atom is 0.255 e. The average molecular weight is 399 g/mol. The van der Waals surface area contributed by atoms with E-state index in [2.05, 4.69) is 17.4 Å². The maximum atomic E-state index is 13.1. The van der Waals surface area contributed by atoms with Crippen molar-refractivity contribution in [2.75, 3.05) is 6.54 Å². The summed E-state index contributed by atoms with van der Waals surface area (Å²) >= 11 is 0. The van der Waals surface area contributed by atoms with E-state index in [1.807, 2.05) is 78.6 Å². The summed E-state index contributed by atoms with van der Waals surface area (Å²) in [5.41, 5.74) is 5.09. The Morgan fingerprint density at radius 1 is 0.967 bits per heavy atom. The summed E-state index contributed by atoms with van der Waals surface area (Å²) in [6, 6.07) is 25.6. The number of fused-ring (bicyclic) bond motifs is 1. The second-order valence-electron chi connectivity index (χ2n) is 7.81. The van der Waals surface area contributed by atoms with E-state index in [1.165, 1.54) is 5.56 Å². The number of aryl methyl sites for hydroxylation is 1. The van der Waals surface area contributed by atoms with Crippen molar-refractivity contribution in [3.63, 3.8) is 0 Å². The number of nitrogens with zero attached hydrogens (tertiary/aromatic N) is 1. The summed E-state index contributed by atoms with van der Waals surface area (Å²) in [5.74, 6) is -0.0477. The fraction of sp³-hybridized carbons (Fsp3) is 0.231. The van der Waals surface area contributed by atoms with Crippen LogP contribution in [0.4, 0.5) is 0 Å². The highest BCUT2D eigenvalue weighted by molar-refractivity contribution is 5.98. The average Bonchev–Trinajstić information content (AvgIpc) is 3.10. The molecular weight excluding hydrogens is 372 g/mol. The lowest BCUT2D eigenvalue weighted by atomic mass is 10.00. The minimum absolute atomic E-state index is 0.00624. The number of carbonyl (C=O) groups excluding carboxylic acids is 2. The predicted octanol–water partition coefficient (Wildman–Crippen LogP) is 4.44. The van der Waals surface area contributed by atoms with Gasteiger partial charge >= 0.3 is 0 Å². The minimum Gasteiger partial charge on any atom is -0.356 e. The molecule has 0 spiro atoms. The van der Waals surface area contributed by atoms with Crippen LogP contribution in [-0.2, 0) is 17.8 Å². The van der Waals surface area contributed by atoms with E-state index in [4.69, 9.17) is 0 Å². The predicted molar refractivity (Wildman–Crippen MR) is 118 cm³/mol. The van der Waals surface area contributed by atoms with Gasteiger partial charge in [0.2, 0.25) is 5.91 Å². The van der Waals surface area contributed by atoms with Gasteiger partial charge in [-0.3, -0.25) is 9.59 Å². The van der Waals surface area contributed by atoms with E-state index in [9.17, 15) is 9.59 Å². The molecule has 1 aliphatic rings. The third-order valence-corrected chi connectivity index (χ3v) is 5.65. The first-order valence-corrected chi connectivity index (χ1v) is 10.4. The van der Waals surface area contributed by atoms with Gasteiger partial charge < -0.3 is 10.2 Å². The normalized spacial score (nSPS) is 13.8. The first kappa shape index (κ1) is 19.9. The van der Waals surface area contributed by atoms with Crippen molar-refractivity contribution in [1.82, 2.24) is 10.2 Å². The fourth-order valence-electron chi connectivity index (χ4n) is 3.96. The third kappa shape index (κ3) is 4.43. The molecule has 0 aliphatic carbocycles. The van der Waals surface area contributed by atoms with Crippen LogP contribution >= 0.6 is 0 Å². The van der Waals surface area contributed by atoms with E-state index in [0.29, 0.717) is 13.1 Å². The Kier molecular flexibility index (Phi) is 5.94. The van der Waals surface area contributed by atoms with Gasteiger partial charge in [0, 0.05) is 18.7 Å². The summed E-state index contributed by atoms with van der Waals surface area (Å²) in [4.78, 5) is 27.6. The Hall–Kier alpha value is -3.40. The molecule has 3 aromatic carbocycles. The molecular formula is C26H26N2O2. The summed E-state index contributed by atoms with van der Waals surface area (Å²) in [6.07, 6.45) is 1.04. The van der Waals surface area contributed by atoms with Crippen molar-refractivity contribution in [1.29, 1.82) is 0 Å². The highest BCUT2D eigenvalue weighted by Gasteiger charge is 2.34. The van der Waals surface area contributed by atoms with Crippen LogP contribution in [0.3, 0.4) is 0 Å². The van der Waals surface area contributed by atoms with Gasteiger partial charge in [0.05, 0.1) is 12.5 Å². The molecule has 0 saturated heterocycles. The lowest BCUT2D eigenvalue weighted by Gasteiger charge is -2.28. The highest BCUT2D eigenvalue weighted by atomic mass is 16.2. The largest absolute Gasteiger partial charge is 0.356 e. The summed E-state index contributed by atoms with van der Waals surface area (Å²) in [6.45, 7) is 3.15. The third-order valence-electron chi connectivity index (χ3n) is 5.65. The molecule has 0 aromatic heterocycles. The maximum absolute atomic E-state index is 13.1. The first-order valence-electron chi connectivity index (χ1n) is 10.4. The van der Waals surface area contributed by atoms with E-state index in [-0.39, 0.29) is 24.3 Å². The second-order valence-corrected chi connectivity index (χ2v) is 7.81. The summed E-state index contributed by atoms with van der Waals surface area (Å²) in [5, 5.41) is 3.03. The van der Waals surface area contributed by atoms with Crippen molar-refractivity contribution >= 4 is 11.8 Å². The highest BCUT2D eigenvalue weighted by Crippen LogP contribution is 2.33. The van der Waals surface area contributed by atoms with Crippen molar-refractivity contribution in [3.05, 3.63) is 107 Å². The number of benzene rings is 3. The molecule has 0 fully saturated rings. The Morgan fingerprint density at radius 2 is 1.67 bits per heavy atom. The molecule has 152 valence electrons. The molecule has 1 aliphatic heterocycles. The van der Waals surface area contributed by atoms with Crippen molar-refractivity contribution < 1.29 is 9.59 Å². The standard InChI is InChI=1S/C26H26N2O2/c1-19-11-13-21(14-12-19)24(28-18-22-9-5-6-10-23(22)26(28)30)17-25(29)27-16-15-20-7-3-2-4-8-20/h2-14,24H,15-18H2,1H3,(H,27,29). The topological polar surface area (TPSA) is 49.4 Å². The van der Waals surface area contributed by atoms with Crippen LogP contribution in [0.5, 0.6) is 0 Å². The van der Waals surface area contributed by atoms with Gasteiger partial charge in [0.1, 0.15) is 0 Å². The van der Waals surface area contributed by atoms with Gasteiger partial charge in [0.25, 0.3) is 5.91 Å². The zero-order valence-electron chi connectivity index (χ0n) is 17.2. The minimum atomic E-state index is -0.290. The molecule has 2 amide bonds. The zero-order valence-corrected chi connectivity index (χ0v) is 17.2. The quantitative estimate of drug-likeness (QED) is 0.640. The van der Waals surface area contributed by atoms with Crippen molar-refractivity contribution in [3.8, 4) is 0 Å². The van der Waals surface area contributed by atoms with Gasteiger partial charge in [0.15, 0.2) is 0 Å². The van der Waals surface area contributed by atoms with E-state index in [1.54, 1.807) is 0 Å². The van der Waals surface area contributed by atoms with Gasteiger partial charge in [-0.1, -0.05) is 78.4 Å². The number of hydrogen-bond donors (Lipinski definition) is 1. The summed E-state index contributed by atoms with van der Waals surface area (Å²) in [7, 11) is 0. The molecule has 0 radical (unpaired) electrons. The first-order chi connectivity index (χ1) is 14.6. The van der Waals surface area contributed by atoms with Crippen molar-refractivity contribution in [2.24, 2.45) is 0 Å². The molecule has 1 atom stereocenters. The number of nitrogens with one attached hydrogen (secondary N) is 1. The number of amides is 2. The van der Waals surface area contributed by atoms with Crippen LogP contribution in [0.25, 0.3) is 0 Å². The van der Waals surface area contributed by atoms with Gasteiger partial charge in [-0.15, -0.1) is 0 Å². The number of carbonyl (C=O) groups is 2. The van der Waals surface area contributed by atoms with Crippen LogP contribution in [-0.4, -0.2) is 23.3 Å². The fourth-order valence-corrected chi connectivity index (χ4v) is 3.96. The monoisotopic (exact) mass is 398 g/mol. The Balaban J connectivity index is 1.48. The molecule has 1 N–H and O–H groups in total. The lowest BCUT2D eigenvalue weighted by Crippen LogP contribution is -2.35. The van der Waals surface area contributed by atoms with Gasteiger partial charge in [-0.2, -0.15) is 0 Å². The van der Waals surface area contributed by atoms with Crippen molar-refractivity contribution in [2.45, 2.75) is 32.4 Å². The van der Waals surface area contributed by atoms with Gasteiger partial charge in [-0.05, 0) is 36.1 Å². The molecule has 1 unspecified atom stereocenters. The van der Waals surface area contributed by atoms with Crippen LogP contribution in [0, 0.1) is 6.92 Å². The summed E-state index contributed by atoms with van der Waals surface area (Å²) < 4.78 is 0. The molecule has 1 heterocycles. The number of hydrogen-bond acceptors (Lipinski definition) is 2. The van der Waals surface area contributed by atoms with Crippen LogP contribution in [0.1, 0.15) is 45.1 Å². The number of rotatable bonds is 7. The molecule has 0 bridgehead atoms. The lowest BCUT2D eigenvalue weighted by molar-refractivity contribution is -0.122.